The van der Waals surface area contributed by atoms with E-state index >= 15 is 0 Å². The lowest BCUT2D eigenvalue weighted by Crippen LogP contribution is -2.33. The Balaban J connectivity index is 1.93. The first kappa shape index (κ1) is 14.4. The Hall–Kier alpha value is -1.05. The molecule has 2 atom stereocenters. The molecular formula is C12H15F2NO3S. The molecule has 2 unspecified atom stereocenters. The molecule has 0 aliphatic carbocycles. The predicted octanol–water partition coefficient (Wildman–Crippen LogP) is 0.775. The molecule has 19 heavy (non-hydrogen) atoms. The second kappa shape index (κ2) is 5.52. The highest BCUT2D eigenvalue weighted by Gasteiger charge is 2.28. The van der Waals surface area contributed by atoms with Crippen LogP contribution in [-0.2, 0) is 9.84 Å². The van der Waals surface area contributed by atoms with Crippen LogP contribution in [0.15, 0.2) is 18.2 Å². The highest BCUT2D eigenvalue weighted by atomic mass is 32.2. The normalized spacial score (nSPS) is 23.4. The van der Waals surface area contributed by atoms with Crippen molar-refractivity contribution in [2.45, 2.75) is 18.6 Å². The Bertz CT molecular complexity index is 562. The van der Waals surface area contributed by atoms with E-state index in [1.165, 1.54) is 6.07 Å². The van der Waals surface area contributed by atoms with Gasteiger partial charge in [0.15, 0.2) is 9.84 Å². The summed E-state index contributed by atoms with van der Waals surface area (Å²) in [4.78, 5) is 0. The first-order valence-corrected chi connectivity index (χ1v) is 7.76. The average molecular weight is 291 g/mol. The van der Waals surface area contributed by atoms with Gasteiger partial charge in [-0.05, 0) is 12.5 Å². The standard InChI is InChI=1S/C12H15F2NO3S/c13-8-1-2-10(11(14)5-8)12(16)6-15-9-3-4-19(17,18)7-9/h1-2,5,9,12,15-16H,3-4,6-7H2. The van der Waals surface area contributed by atoms with Crippen LogP contribution < -0.4 is 5.32 Å². The van der Waals surface area contributed by atoms with Crippen molar-refractivity contribution in [1.82, 2.24) is 5.32 Å². The zero-order valence-corrected chi connectivity index (χ0v) is 11.0. The molecular weight excluding hydrogens is 276 g/mol. The molecule has 1 aliphatic heterocycles. The number of aliphatic hydroxyl groups excluding tert-OH is 1. The number of hydrogen-bond donors (Lipinski definition) is 2. The second-order valence-corrected chi connectivity index (χ2v) is 6.92. The summed E-state index contributed by atoms with van der Waals surface area (Å²) in [5.41, 5.74) is -0.00486. The quantitative estimate of drug-likeness (QED) is 0.860. The minimum Gasteiger partial charge on any atom is -0.387 e. The van der Waals surface area contributed by atoms with Crippen molar-refractivity contribution in [3.8, 4) is 0 Å². The molecule has 0 spiro atoms. The van der Waals surface area contributed by atoms with Crippen LogP contribution in [0.1, 0.15) is 18.1 Å². The maximum Gasteiger partial charge on any atom is 0.151 e. The van der Waals surface area contributed by atoms with Crippen LogP contribution in [0.2, 0.25) is 0 Å². The number of halogens is 2. The van der Waals surface area contributed by atoms with Crippen molar-refractivity contribution in [3.63, 3.8) is 0 Å². The molecule has 1 heterocycles. The predicted molar refractivity (Wildman–Crippen MR) is 66.4 cm³/mol. The van der Waals surface area contributed by atoms with Gasteiger partial charge in [0.05, 0.1) is 17.6 Å². The minimum absolute atomic E-state index is 0.00486. The second-order valence-electron chi connectivity index (χ2n) is 4.69. The fourth-order valence-corrected chi connectivity index (χ4v) is 3.82. The van der Waals surface area contributed by atoms with Gasteiger partial charge in [-0.2, -0.15) is 0 Å². The summed E-state index contributed by atoms with van der Waals surface area (Å²) < 4.78 is 48.6. The van der Waals surface area contributed by atoms with Gasteiger partial charge in [-0.15, -0.1) is 0 Å². The van der Waals surface area contributed by atoms with Gasteiger partial charge < -0.3 is 10.4 Å². The summed E-state index contributed by atoms with van der Waals surface area (Å²) in [5.74, 6) is -1.35. The van der Waals surface area contributed by atoms with E-state index in [0.29, 0.717) is 12.5 Å². The number of hydrogen-bond acceptors (Lipinski definition) is 4. The maximum absolute atomic E-state index is 13.4. The molecule has 0 radical (unpaired) electrons. The molecule has 2 N–H and O–H groups in total. The fourth-order valence-electron chi connectivity index (χ4n) is 2.12. The third-order valence-electron chi connectivity index (χ3n) is 3.15. The zero-order valence-electron chi connectivity index (χ0n) is 10.1. The van der Waals surface area contributed by atoms with Crippen molar-refractivity contribution in [1.29, 1.82) is 0 Å². The van der Waals surface area contributed by atoms with Crippen LogP contribution >= 0.6 is 0 Å². The van der Waals surface area contributed by atoms with E-state index in [1.54, 1.807) is 0 Å². The van der Waals surface area contributed by atoms with E-state index in [4.69, 9.17) is 0 Å². The van der Waals surface area contributed by atoms with Gasteiger partial charge in [-0.25, -0.2) is 17.2 Å². The van der Waals surface area contributed by atoms with Gasteiger partial charge in [0.2, 0.25) is 0 Å². The molecule has 2 rings (SSSR count). The molecule has 0 aromatic heterocycles. The van der Waals surface area contributed by atoms with Gasteiger partial charge in [0.25, 0.3) is 0 Å². The van der Waals surface area contributed by atoms with Gasteiger partial charge in [0.1, 0.15) is 11.6 Å². The first-order chi connectivity index (χ1) is 8.87. The van der Waals surface area contributed by atoms with Gasteiger partial charge >= 0.3 is 0 Å². The van der Waals surface area contributed by atoms with Gasteiger partial charge in [-0.1, -0.05) is 6.07 Å². The number of benzene rings is 1. The van der Waals surface area contributed by atoms with Crippen molar-refractivity contribution in [3.05, 3.63) is 35.4 Å². The van der Waals surface area contributed by atoms with E-state index in [-0.39, 0.29) is 29.7 Å². The molecule has 0 amide bonds. The summed E-state index contributed by atoms with van der Waals surface area (Å²) in [7, 11) is -2.99. The highest BCUT2D eigenvalue weighted by Crippen LogP contribution is 2.18. The molecule has 4 nitrogen and oxygen atoms in total. The molecule has 1 aliphatic rings. The Morgan fingerprint density at radius 3 is 2.74 bits per heavy atom. The molecule has 106 valence electrons. The Labute approximate surface area is 110 Å². The summed E-state index contributed by atoms with van der Waals surface area (Å²) in [6.07, 6.45) is -0.648. The van der Waals surface area contributed by atoms with E-state index < -0.39 is 27.6 Å². The Morgan fingerprint density at radius 2 is 2.16 bits per heavy atom. The third kappa shape index (κ3) is 3.71. The fraction of sp³-hybridized carbons (Fsp3) is 0.500. The lowest BCUT2D eigenvalue weighted by molar-refractivity contribution is 0.166. The van der Waals surface area contributed by atoms with Crippen molar-refractivity contribution < 1.29 is 22.3 Å². The monoisotopic (exact) mass is 291 g/mol. The lowest BCUT2D eigenvalue weighted by atomic mass is 10.1. The van der Waals surface area contributed by atoms with Crippen LogP contribution in [0.3, 0.4) is 0 Å². The summed E-state index contributed by atoms with van der Waals surface area (Å²) in [5, 5.41) is 12.7. The van der Waals surface area contributed by atoms with Crippen LogP contribution in [0, 0.1) is 11.6 Å². The topological polar surface area (TPSA) is 66.4 Å². The van der Waals surface area contributed by atoms with Crippen molar-refractivity contribution in [2.24, 2.45) is 0 Å². The summed E-state index contributed by atoms with van der Waals surface area (Å²) in [6.45, 7) is 0.0305. The van der Waals surface area contributed by atoms with Gasteiger partial charge in [0, 0.05) is 24.2 Å². The lowest BCUT2D eigenvalue weighted by Gasteiger charge is -2.16. The number of sulfone groups is 1. The Morgan fingerprint density at radius 1 is 1.42 bits per heavy atom. The van der Waals surface area contributed by atoms with Crippen LogP contribution in [0.5, 0.6) is 0 Å². The van der Waals surface area contributed by atoms with E-state index in [0.717, 1.165) is 6.07 Å². The average Bonchev–Trinajstić information content (AvgIpc) is 2.66. The molecule has 1 fully saturated rings. The van der Waals surface area contributed by atoms with Gasteiger partial charge in [-0.3, -0.25) is 0 Å². The molecule has 1 aromatic rings. The Kier molecular flexibility index (Phi) is 4.17. The third-order valence-corrected chi connectivity index (χ3v) is 4.92. The number of nitrogens with one attached hydrogen (secondary N) is 1. The first-order valence-electron chi connectivity index (χ1n) is 5.94. The largest absolute Gasteiger partial charge is 0.387 e. The number of aliphatic hydroxyl groups is 1. The SMILES string of the molecule is O=S1(=O)CCC(NCC(O)c2ccc(F)cc2F)C1. The molecule has 0 saturated carbocycles. The molecule has 1 saturated heterocycles. The van der Waals surface area contributed by atoms with Crippen molar-refractivity contribution in [2.75, 3.05) is 18.1 Å². The van der Waals surface area contributed by atoms with Crippen LogP contribution in [0.4, 0.5) is 8.78 Å². The highest BCUT2D eigenvalue weighted by molar-refractivity contribution is 7.91. The smallest absolute Gasteiger partial charge is 0.151 e. The zero-order chi connectivity index (χ0) is 14.0. The van der Waals surface area contributed by atoms with E-state index in [1.807, 2.05) is 0 Å². The van der Waals surface area contributed by atoms with E-state index in [9.17, 15) is 22.3 Å². The minimum atomic E-state index is -2.99. The molecule has 7 heteroatoms. The van der Waals surface area contributed by atoms with Crippen molar-refractivity contribution >= 4 is 9.84 Å². The summed E-state index contributed by atoms with van der Waals surface area (Å²) >= 11 is 0. The molecule has 1 aromatic carbocycles. The number of rotatable bonds is 4. The summed E-state index contributed by atoms with van der Waals surface area (Å²) in [6, 6.07) is 2.74. The van der Waals surface area contributed by atoms with E-state index in [2.05, 4.69) is 5.32 Å². The van der Waals surface area contributed by atoms with Crippen LogP contribution in [0.25, 0.3) is 0 Å². The maximum atomic E-state index is 13.4. The van der Waals surface area contributed by atoms with Crippen LogP contribution in [-0.4, -0.2) is 37.6 Å². The molecule has 0 bridgehead atoms.